The van der Waals surface area contributed by atoms with Crippen LogP contribution in [0.25, 0.3) is 0 Å². The molecule has 0 aromatic carbocycles. The molecule has 0 aliphatic carbocycles. The summed E-state index contributed by atoms with van der Waals surface area (Å²) in [5.41, 5.74) is 0. The van der Waals surface area contributed by atoms with Crippen molar-refractivity contribution in [3.63, 3.8) is 0 Å². The Morgan fingerprint density at radius 3 is 1.33 bits per heavy atom. The van der Waals surface area contributed by atoms with Gasteiger partial charge in [-0.05, 0) is 0 Å². The fourth-order valence-corrected chi connectivity index (χ4v) is 0. The van der Waals surface area contributed by atoms with Crippen LogP contribution in [0.3, 0.4) is 0 Å². The third-order valence-corrected chi connectivity index (χ3v) is 0. The minimum atomic E-state index is 0. The molecular formula is C6H11Cl2Zr-. The Morgan fingerprint density at radius 2 is 1.33 bits per heavy atom. The van der Waals surface area contributed by atoms with Crippen LogP contribution in [0.2, 0.25) is 0 Å². The molecule has 0 aromatic heterocycles. The largest absolute Gasteiger partial charge is 1.00 e. The van der Waals surface area contributed by atoms with E-state index in [1.807, 2.05) is 0 Å². The van der Waals surface area contributed by atoms with Gasteiger partial charge in [0.15, 0.2) is 0 Å². The number of allylic oxidation sites excluding steroid dienone is 1. The Kier molecular flexibility index (Phi) is 57.4. The van der Waals surface area contributed by atoms with Crippen molar-refractivity contribution in [2.75, 3.05) is 0 Å². The van der Waals surface area contributed by atoms with Crippen molar-refractivity contribution in [2.24, 2.45) is 0 Å². The zero-order valence-corrected chi connectivity index (χ0v) is 9.93. The predicted octanol–water partition coefficient (Wildman–Crippen LogP) is -4.25. The molecule has 0 aliphatic heterocycles. The van der Waals surface area contributed by atoms with Gasteiger partial charge in [-0.15, -0.1) is 0 Å². The number of hydrogen-bond donors (Lipinski definition) is 0. The standard InChI is InChI=1S/C3H6.C3H5.2ClH.Zr/c2*1-3-2;;;/h1-2H3;1H2,2H3;2*1H;/q;-1;;;+2/p-2. The molecule has 0 heterocycles. The van der Waals surface area contributed by atoms with Crippen LogP contribution in [0.15, 0.2) is 6.58 Å². The topological polar surface area (TPSA) is 0 Å². The second kappa shape index (κ2) is 23.0. The van der Waals surface area contributed by atoms with Crippen LogP contribution in [0.4, 0.5) is 0 Å². The van der Waals surface area contributed by atoms with Gasteiger partial charge in [0, 0.05) is 0 Å². The average Bonchev–Trinajstić information content (AvgIpc) is 1.33. The summed E-state index contributed by atoms with van der Waals surface area (Å²) in [6.45, 7) is 9.25. The third-order valence-electron chi connectivity index (χ3n) is 0. The molecule has 0 saturated carbocycles. The second-order valence-corrected chi connectivity index (χ2v) is 3.81. The third kappa shape index (κ3) is 394. The maximum absolute atomic E-state index is 3.24. The van der Waals surface area contributed by atoms with Crippen molar-refractivity contribution in [1.29, 1.82) is 0 Å². The monoisotopic (exact) mass is 243 g/mol. The van der Waals surface area contributed by atoms with Crippen LogP contribution >= 0.6 is 0 Å². The number of hydrogen-bond acceptors (Lipinski definition) is 0. The molecule has 0 aliphatic rings. The number of rotatable bonds is 0. The molecule has 0 bridgehead atoms. The zero-order valence-electron chi connectivity index (χ0n) is 5.96. The molecule has 0 N–H and O–H groups in total. The van der Waals surface area contributed by atoms with Gasteiger partial charge in [-0.2, -0.15) is 6.92 Å². The van der Waals surface area contributed by atoms with E-state index in [4.69, 9.17) is 0 Å². The first-order chi connectivity index (χ1) is 3.15. The van der Waals surface area contributed by atoms with Gasteiger partial charge in [-0.3, -0.25) is 6.58 Å². The maximum atomic E-state index is 3.24. The van der Waals surface area contributed by atoms with E-state index in [9.17, 15) is 0 Å². The summed E-state index contributed by atoms with van der Waals surface area (Å²) >= 11 is 1.55. The Bertz CT molecular complexity index is 58.1. The van der Waals surface area contributed by atoms with E-state index in [1.54, 1.807) is 31.2 Å². The maximum Gasteiger partial charge on any atom is -1.00 e. The molecule has 0 atom stereocenters. The van der Waals surface area contributed by atoms with Gasteiger partial charge in [0.25, 0.3) is 0 Å². The summed E-state index contributed by atoms with van der Waals surface area (Å²) in [6, 6.07) is 0. The van der Waals surface area contributed by atoms with Crippen molar-refractivity contribution in [3.05, 3.63) is 12.7 Å². The van der Waals surface area contributed by atoms with E-state index < -0.39 is 0 Å². The van der Waals surface area contributed by atoms with Crippen LogP contribution in [-0.2, 0) is 24.2 Å². The van der Waals surface area contributed by atoms with Crippen LogP contribution in [0, 0.1) is 6.08 Å². The van der Waals surface area contributed by atoms with Crippen LogP contribution in [0.5, 0.6) is 0 Å². The van der Waals surface area contributed by atoms with Crippen molar-refractivity contribution < 1.29 is 49.0 Å². The molecular weight excluding hydrogens is 234 g/mol. The molecule has 0 nitrogen and oxygen atoms in total. The second-order valence-electron chi connectivity index (χ2n) is 1.35. The van der Waals surface area contributed by atoms with Crippen molar-refractivity contribution in [2.45, 2.75) is 20.8 Å². The summed E-state index contributed by atoms with van der Waals surface area (Å²) in [4.78, 5) is 0. The Labute approximate surface area is 85.3 Å². The van der Waals surface area contributed by atoms with E-state index in [0.717, 1.165) is 0 Å². The van der Waals surface area contributed by atoms with E-state index in [2.05, 4.69) is 26.5 Å². The molecule has 0 fully saturated rings. The van der Waals surface area contributed by atoms with Crippen molar-refractivity contribution in [3.8, 4) is 0 Å². The molecule has 54 valence electrons. The Hall–Kier alpha value is 1.07. The van der Waals surface area contributed by atoms with Gasteiger partial charge >= 0.3 is 41.3 Å². The normalized spacial score (nSPS) is 4.56. The molecule has 0 saturated heterocycles. The quantitative estimate of drug-likeness (QED) is 0.379. The van der Waals surface area contributed by atoms with Gasteiger partial charge in [0.1, 0.15) is 0 Å². The molecule has 0 rings (SSSR count). The zero-order chi connectivity index (χ0) is 6.28. The average molecular weight is 245 g/mol. The summed E-state index contributed by atoms with van der Waals surface area (Å²) in [5, 5.41) is 0. The SMILES string of the molecule is C=[C-]C.C[C](C)=[Zr+2].[Cl-].[Cl-]. The van der Waals surface area contributed by atoms with Crippen LogP contribution in [-0.4, -0.2) is 3.21 Å². The van der Waals surface area contributed by atoms with Crippen LogP contribution < -0.4 is 24.8 Å². The predicted molar refractivity (Wildman–Crippen MR) is 30.9 cm³/mol. The minimum Gasteiger partial charge on any atom is -1.00 e. The minimum absolute atomic E-state index is 0. The first-order valence-corrected chi connectivity index (χ1v) is 3.33. The summed E-state index contributed by atoms with van der Waals surface area (Å²) in [7, 11) is 0. The fraction of sp³-hybridized carbons (Fsp3) is 0.500. The molecule has 0 unspecified atom stereocenters. The molecule has 0 aromatic rings. The van der Waals surface area contributed by atoms with Crippen molar-refractivity contribution >= 4 is 3.21 Å². The van der Waals surface area contributed by atoms with Gasteiger partial charge < -0.3 is 30.9 Å². The number of halogens is 2. The molecule has 0 spiro atoms. The molecule has 0 amide bonds. The van der Waals surface area contributed by atoms with E-state index in [1.165, 1.54) is 3.21 Å². The van der Waals surface area contributed by atoms with Crippen LogP contribution in [0.1, 0.15) is 20.8 Å². The summed E-state index contributed by atoms with van der Waals surface area (Å²) in [5.74, 6) is 0. The van der Waals surface area contributed by atoms with E-state index in [-0.39, 0.29) is 24.8 Å². The summed E-state index contributed by atoms with van der Waals surface area (Å²) < 4.78 is 1.51. The van der Waals surface area contributed by atoms with Gasteiger partial charge in [0.05, 0.1) is 0 Å². The molecule has 3 heteroatoms. The Balaban J connectivity index is -0.0000000233. The first kappa shape index (κ1) is 22.5. The first-order valence-electron chi connectivity index (χ1n) is 2.10. The smallest absolute Gasteiger partial charge is 1.00 e. The van der Waals surface area contributed by atoms with Gasteiger partial charge in [-0.1, -0.05) is 0 Å². The van der Waals surface area contributed by atoms with E-state index in [0.29, 0.717) is 0 Å². The van der Waals surface area contributed by atoms with Crippen molar-refractivity contribution in [1.82, 2.24) is 0 Å². The van der Waals surface area contributed by atoms with Gasteiger partial charge in [0.2, 0.25) is 0 Å². The Morgan fingerprint density at radius 1 is 1.33 bits per heavy atom. The van der Waals surface area contributed by atoms with E-state index >= 15 is 0 Å². The molecule has 9 heavy (non-hydrogen) atoms. The summed E-state index contributed by atoms with van der Waals surface area (Å²) in [6.07, 6.45) is 2.50. The molecule has 0 radical (unpaired) electrons. The van der Waals surface area contributed by atoms with Gasteiger partial charge in [-0.25, -0.2) is 0 Å². The fourth-order valence-electron chi connectivity index (χ4n) is 0.